The second-order valence-corrected chi connectivity index (χ2v) is 5.15. The summed E-state index contributed by atoms with van der Waals surface area (Å²) in [4.78, 5) is 12.3. The number of aromatic nitrogens is 2. The van der Waals surface area contributed by atoms with Crippen LogP contribution in [0.15, 0.2) is 36.7 Å². The molecule has 0 aliphatic carbocycles. The highest BCUT2D eigenvalue weighted by Gasteiger charge is 2.27. The van der Waals surface area contributed by atoms with Crippen LogP contribution in [0.4, 0.5) is 18.9 Å². The van der Waals surface area contributed by atoms with E-state index < -0.39 is 18.6 Å². The van der Waals surface area contributed by atoms with Crippen LogP contribution in [0.3, 0.4) is 0 Å². The maximum Gasteiger partial charge on any atom is 0.393 e. The number of carbonyl (C=O) groups excluding carboxylic acids is 1. The summed E-state index contributed by atoms with van der Waals surface area (Å²) in [6.45, 7) is 0. The first-order chi connectivity index (χ1) is 10.8. The Morgan fingerprint density at radius 3 is 2.62 bits per heavy atom. The Labute approximate surface area is 143 Å². The topological polar surface area (TPSA) is 59.0 Å². The van der Waals surface area contributed by atoms with Crippen LogP contribution in [0.1, 0.15) is 17.2 Å². The van der Waals surface area contributed by atoms with Crippen LogP contribution in [0, 0.1) is 0 Å². The van der Waals surface area contributed by atoms with Gasteiger partial charge in [0.05, 0.1) is 12.6 Å². The van der Waals surface area contributed by atoms with Crippen LogP contribution in [0.25, 0.3) is 0 Å². The van der Waals surface area contributed by atoms with Gasteiger partial charge in [0, 0.05) is 24.5 Å². The molecule has 1 amide bonds. The van der Waals surface area contributed by atoms with Gasteiger partial charge < -0.3 is 10.6 Å². The highest BCUT2D eigenvalue weighted by molar-refractivity contribution is 5.95. The lowest BCUT2D eigenvalue weighted by atomic mass is 10.1. The fraction of sp³-hybridized carbons (Fsp3) is 0.333. The zero-order chi connectivity index (χ0) is 17.0. The van der Waals surface area contributed by atoms with Gasteiger partial charge in [-0.3, -0.25) is 9.48 Å². The zero-order valence-corrected chi connectivity index (χ0v) is 13.9. The standard InChI is InChI=1S/C15H17F3N4O.ClH/c1-19-13(11-8-20-22(2)9-11)14(23)21-12-5-3-4-10(6-12)7-15(16,17)18;/h3-6,8-9,13,19H,7H2,1-2H3,(H,21,23);1H. The summed E-state index contributed by atoms with van der Waals surface area (Å²) in [6, 6.07) is 5.08. The van der Waals surface area contributed by atoms with Crippen molar-refractivity contribution in [2.45, 2.75) is 18.6 Å². The molecule has 1 aromatic heterocycles. The Morgan fingerprint density at radius 1 is 1.38 bits per heavy atom. The third-order valence-corrected chi connectivity index (χ3v) is 3.21. The number of rotatable bonds is 5. The first kappa shape index (κ1) is 20.0. The van der Waals surface area contributed by atoms with Crippen molar-refractivity contribution in [3.05, 3.63) is 47.8 Å². The van der Waals surface area contributed by atoms with Crippen LogP contribution in [0.2, 0.25) is 0 Å². The lowest BCUT2D eigenvalue weighted by Gasteiger charge is -2.15. The molecule has 1 aromatic carbocycles. The van der Waals surface area contributed by atoms with Gasteiger partial charge in [-0.25, -0.2) is 0 Å². The number of likely N-dealkylation sites (N-methyl/N-ethyl adjacent to an activating group) is 1. The fourth-order valence-corrected chi connectivity index (χ4v) is 2.24. The molecule has 0 spiro atoms. The Kier molecular flexibility index (Phi) is 6.80. The minimum Gasteiger partial charge on any atom is -0.324 e. The van der Waals surface area contributed by atoms with E-state index in [4.69, 9.17) is 0 Å². The lowest BCUT2D eigenvalue weighted by Crippen LogP contribution is -2.30. The van der Waals surface area contributed by atoms with Crippen LogP contribution < -0.4 is 10.6 Å². The third kappa shape index (κ3) is 5.54. The first-order valence-electron chi connectivity index (χ1n) is 6.91. The molecule has 24 heavy (non-hydrogen) atoms. The number of carbonyl (C=O) groups is 1. The number of nitrogens with zero attached hydrogens (tertiary/aromatic N) is 2. The quantitative estimate of drug-likeness (QED) is 0.860. The minimum atomic E-state index is -4.29. The van der Waals surface area contributed by atoms with Gasteiger partial charge in [0.15, 0.2) is 0 Å². The van der Waals surface area contributed by atoms with Crippen LogP contribution in [-0.4, -0.2) is 28.9 Å². The molecule has 0 aliphatic rings. The number of amides is 1. The number of nitrogens with one attached hydrogen (secondary N) is 2. The van der Waals surface area contributed by atoms with Crippen molar-refractivity contribution >= 4 is 24.0 Å². The Bertz CT molecular complexity index is 687. The van der Waals surface area contributed by atoms with Gasteiger partial charge in [0.2, 0.25) is 5.91 Å². The Hall–Kier alpha value is -2.06. The predicted molar refractivity (Wildman–Crippen MR) is 87.1 cm³/mol. The van der Waals surface area contributed by atoms with Crippen molar-refractivity contribution in [2.75, 3.05) is 12.4 Å². The zero-order valence-electron chi connectivity index (χ0n) is 13.1. The van der Waals surface area contributed by atoms with Crippen molar-refractivity contribution in [1.82, 2.24) is 15.1 Å². The predicted octanol–water partition coefficient (Wildman–Crippen LogP) is 2.85. The van der Waals surface area contributed by atoms with Crippen molar-refractivity contribution in [3.63, 3.8) is 0 Å². The second-order valence-electron chi connectivity index (χ2n) is 5.15. The van der Waals surface area contributed by atoms with E-state index >= 15 is 0 Å². The summed E-state index contributed by atoms with van der Waals surface area (Å²) in [5, 5.41) is 9.48. The molecular weight excluding hydrogens is 345 g/mol. The molecule has 1 unspecified atom stereocenters. The molecule has 2 rings (SSSR count). The van der Waals surface area contributed by atoms with E-state index in [1.54, 1.807) is 37.2 Å². The Morgan fingerprint density at radius 2 is 2.08 bits per heavy atom. The van der Waals surface area contributed by atoms with Crippen LogP contribution >= 0.6 is 12.4 Å². The van der Waals surface area contributed by atoms with E-state index in [0.717, 1.165) is 0 Å². The largest absolute Gasteiger partial charge is 0.393 e. The lowest BCUT2D eigenvalue weighted by molar-refractivity contribution is -0.127. The summed E-state index contributed by atoms with van der Waals surface area (Å²) < 4.78 is 38.9. The molecule has 0 fully saturated rings. The van der Waals surface area contributed by atoms with Crippen molar-refractivity contribution in [3.8, 4) is 0 Å². The number of hydrogen-bond donors (Lipinski definition) is 2. The van der Waals surface area contributed by atoms with E-state index in [2.05, 4.69) is 15.7 Å². The van der Waals surface area contributed by atoms with Crippen molar-refractivity contribution in [2.24, 2.45) is 7.05 Å². The smallest absolute Gasteiger partial charge is 0.324 e. The number of halogens is 4. The van der Waals surface area contributed by atoms with Crippen molar-refractivity contribution in [1.29, 1.82) is 0 Å². The SMILES string of the molecule is CNC(C(=O)Nc1cccc(CC(F)(F)F)c1)c1cnn(C)c1.Cl. The maximum atomic E-state index is 12.4. The van der Waals surface area contributed by atoms with E-state index in [1.807, 2.05) is 0 Å². The first-order valence-corrected chi connectivity index (χ1v) is 6.91. The Balaban J connectivity index is 0.00000288. The highest BCUT2D eigenvalue weighted by atomic mass is 35.5. The second kappa shape index (κ2) is 8.16. The minimum absolute atomic E-state index is 0. The molecule has 0 radical (unpaired) electrons. The molecule has 0 aliphatic heterocycles. The average molecular weight is 363 g/mol. The molecule has 1 heterocycles. The van der Waals surface area contributed by atoms with E-state index in [9.17, 15) is 18.0 Å². The van der Waals surface area contributed by atoms with Crippen LogP contribution in [0.5, 0.6) is 0 Å². The highest BCUT2D eigenvalue weighted by Crippen LogP contribution is 2.23. The van der Waals surface area contributed by atoms with Gasteiger partial charge in [0.25, 0.3) is 0 Å². The average Bonchev–Trinajstić information content (AvgIpc) is 2.84. The molecule has 9 heteroatoms. The van der Waals surface area contributed by atoms with Gasteiger partial charge >= 0.3 is 6.18 Å². The molecule has 0 saturated heterocycles. The molecule has 132 valence electrons. The van der Waals surface area contributed by atoms with Crippen LogP contribution in [-0.2, 0) is 18.3 Å². The summed E-state index contributed by atoms with van der Waals surface area (Å²) in [6.07, 6.45) is -2.07. The number of anilines is 1. The summed E-state index contributed by atoms with van der Waals surface area (Å²) in [5.41, 5.74) is 1.08. The van der Waals surface area contributed by atoms with E-state index in [1.165, 1.54) is 18.2 Å². The summed E-state index contributed by atoms with van der Waals surface area (Å²) >= 11 is 0. The van der Waals surface area contributed by atoms with E-state index in [-0.39, 0.29) is 23.9 Å². The molecule has 5 nitrogen and oxygen atoms in total. The normalized spacial score (nSPS) is 12.4. The van der Waals surface area contributed by atoms with Gasteiger partial charge in [0.1, 0.15) is 6.04 Å². The monoisotopic (exact) mass is 362 g/mol. The number of alkyl halides is 3. The molecule has 2 aromatic rings. The summed E-state index contributed by atoms with van der Waals surface area (Å²) in [5.74, 6) is -0.371. The fourth-order valence-electron chi connectivity index (χ4n) is 2.24. The molecule has 2 N–H and O–H groups in total. The number of aryl methyl sites for hydroxylation is 1. The van der Waals surface area contributed by atoms with Gasteiger partial charge in [-0.15, -0.1) is 12.4 Å². The molecular formula is C15H18ClF3N4O. The molecule has 0 bridgehead atoms. The third-order valence-electron chi connectivity index (χ3n) is 3.21. The molecule has 1 atom stereocenters. The van der Waals surface area contributed by atoms with Gasteiger partial charge in [-0.2, -0.15) is 18.3 Å². The van der Waals surface area contributed by atoms with Gasteiger partial charge in [-0.05, 0) is 24.7 Å². The van der Waals surface area contributed by atoms with E-state index in [0.29, 0.717) is 11.3 Å². The number of benzene rings is 1. The van der Waals surface area contributed by atoms with Crippen molar-refractivity contribution < 1.29 is 18.0 Å². The number of hydrogen-bond acceptors (Lipinski definition) is 3. The molecule has 0 saturated carbocycles. The van der Waals surface area contributed by atoms with Gasteiger partial charge in [-0.1, -0.05) is 12.1 Å². The maximum absolute atomic E-state index is 12.4. The summed E-state index contributed by atoms with van der Waals surface area (Å²) in [7, 11) is 3.35.